The highest BCUT2D eigenvalue weighted by Crippen LogP contribution is 2.07. The summed E-state index contributed by atoms with van der Waals surface area (Å²) in [6.07, 6.45) is 3.11. The summed E-state index contributed by atoms with van der Waals surface area (Å²) >= 11 is 5.64. The van der Waals surface area contributed by atoms with E-state index in [1.807, 2.05) is 0 Å². The first-order valence-corrected chi connectivity index (χ1v) is 5.32. The second-order valence-electron chi connectivity index (χ2n) is 3.28. The van der Waals surface area contributed by atoms with Crippen LogP contribution in [0.4, 0.5) is 0 Å². The van der Waals surface area contributed by atoms with Gasteiger partial charge in [0, 0.05) is 18.0 Å². The van der Waals surface area contributed by atoms with E-state index in [2.05, 4.69) is 9.97 Å². The Balaban J connectivity index is 1.95. The molecule has 2 heterocycles. The van der Waals surface area contributed by atoms with Crippen molar-refractivity contribution in [2.75, 3.05) is 0 Å². The highest BCUT2D eigenvalue weighted by molar-refractivity contribution is 6.29. The summed E-state index contributed by atoms with van der Waals surface area (Å²) in [5.74, 6) is -0.458. The Bertz CT molecular complexity index is 500. The highest BCUT2D eigenvalue weighted by atomic mass is 35.5. The summed E-state index contributed by atoms with van der Waals surface area (Å²) in [5, 5.41) is 0.407. The molecule has 2 rings (SSSR count). The average molecular weight is 249 g/mol. The van der Waals surface area contributed by atoms with Gasteiger partial charge >= 0.3 is 5.97 Å². The lowest BCUT2D eigenvalue weighted by Gasteiger charge is -2.03. The van der Waals surface area contributed by atoms with Crippen molar-refractivity contribution in [3.63, 3.8) is 0 Å². The molecule has 0 aliphatic heterocycles. The molecule has 2 aromatic heterocycles. The molecule has 0 saturated heterocycles. The molecule has 5 heteroatoms. The fourth-order valence-electron chi connectivity index (χ4n) is 1.20. The SMILES string of the molecule is O=C(OCc1ccc(Cl)nc1)c1ccccn1. The number of halogens is 1. The monoisotopic (exact) mass is 248 g/mol. The molecule has 17 heavy (non-hydrogen) atoms. The summed E-state index contributed by atoms with van der Waals surface area (Å²) < 4.78 is 5.07. The van der Waals surface area contributed by atoms with Crippen LogP contribution in [0, 0.1) is 0 Å². The Morgan fingerprint density at radius 3 is 2.76 bits per heavy atom. The quantitative estimate of drug-likeness (QED) is 0.619. The standard InChI is InChI=1S/C12H9ClN2O2/c13-11-5-4-9(7-15-11)8-17-12(16)10-3-1-2-6-14-10/h1-7H,8H2. The molecule has 0 radical (unpaired) electrons. The third kappa shape index (κ3) is 3.26. The van der Waals surface area contributed by atoms with Crippen molar-refractivity contribution in [2.24, 2.45) is 0 Å². The molecule has 2 aromatic rings. The molecular formula is C12H9ClN2O2. The molecule has 0 fully saturated rings. The molecule has 4 nitrogen and oxygen atoms in total. The number of nitrogens with zero attached hydrogens (tertiary/aromatic N) is 2. The van der Waals surface area contributed by atoms with Gasteiger partial charge in [0.15, 0.2) is 0 Å². The first-order valence-electron chi connectivity index (χ1n) is 4.94. The number of hydrogen-bond acceptors (Lipinski definition) is 4. The predicted molar refractivity (Wildman–Crippen MR) is 62.6 cm³/mol. The lowest BCUT2D eigenvalue weighted by Crippen LogP contribution is -2.07. The highest BCUT2D eigenvalue weighted by Gasteiger charge is 2.07. The van der Waals surface area contributed by atoms with Crippen LogP contribution in [0.15, 0.2) is 42.7 Å². The maximum absolute atomic E-state index is 11.6. The second-order valence-corrected chi connectivity index (χ2v) is 3.67. The number of aromatic nitrogens is 2. The number of hydrogen-bond donors (Lipinski definition) is 0. The average Bonchev–Trinajstić information content (AvgIpc) is 2.39. The minimum absolute atomic E-state index is 0.152. The number of rotatable bonds is 3. The van der Waals surface area contributed by atoms with E-state index in [1.54, 1.807) is 42.7 Å². The fourth-order valence-corrected chi connectivity index (χ4v) is 1.31. The Morgan fingerprint density at radius 1 is 1.24 bits per heavy atom. The van der Waals surface area contributed by atoms with Gasteiger partial charge in [0.2, 0.25) is 0 Å². The Hall–Kier alpha value is -1.94. The lowest BCUT2D eigenvalue weighted by molar-refractivity contribution is 0.0465. The summed E-state index contributed by atoms with van der Waals surface area (Å²) in [5.41, 5.74) is 1.06. The number of carbonyl (C=O) groups is 1. The van der Waals surface area contributed by atoms with Gasteiger partial charge in [0.05, 0.1) is 0 Å². The third-order valence-electron chi connectivity index (χ3n) is 2.03. The molecule has 0 amide bonds. The number of pyridine rings is 2. The van der Waals surface area contributed by atoms with Crippen molar-refractivity contribution >= 4 is 17.6 Å². The largest absolute Gasteiger partial charge is 0.456 e. The van der Waals surface area contributed by atoms with Gasteiger partial charge < -0.3 is 4.74 Å². The molecule has 0 unspecified atom stereocenters. The van der Waals surface area contributed by atoms with Crippen LogP contribution in [0.3, 0.4) is 0 Å². The van der Waals surface area contributed by atoms with Crippen LogP contribution in [-0.4, -0.2) is 15.9 Å². The zero-order valence-electron chi connectivity index (χ0n) is 8.84. The third-order valence-corrected chi connectivity index (χ3v) is 2.26. The van der Waals surface area contributed by atoms with Crippen LogP contribution in [0.1, 0.15) is 16.1 Å². The van der Waals surface area contributed by atoms with Gasteiger partial charge in [0.1, 0.15) is 17.5 Å². The second kappa shape index (κ2) is 5.41. The van der Waals surface area contributed by atoms with Crippen LogP contribution < -0.4 is 0 Å². The van der Waals surface area contributed by atoms with E-state index < -0.39 is 5.97 Å². The van der Waals surface area contributed by atoms with Crippen LogP contribution in [0.2, 0.25) is 5.15 Å². The van der Waals surface area contributed by atoms with E-state index in [9.17, 15) is 4.79 Å². The fraction of sp³-hybridized carbons (Fsp3) is 0.0833. The van der Waals surface area contributed by atoms with Gasteiger partial charge in [-0.1, -0.05) is 23.7 Å². The minimum atomic E-state index is -0.458. The molecular weight excluding hydrogens is 240 g/mol. The van der Waals surface area contributed by atoms with Gasteiger partial charge in [-0.3, -0.25) is 0 Å². The molecule has 0 aliphatic carbocycles. The van der Waals surface area contributed by atoms with E-state index >= 15 is 0 Å². The van der Waals surface area contributed by atoms with E-state index in [1.165, 1.54) is 0 Å². The van der Waals surface area contributed by atoms with Crippen LogP contribution in [0.25, 0.3) is 0 Å². The van der Waals surface area contributed by atoms with Crippen molar-refractivity contribution in [1.29, 1.82) is 0 Å². The maximum atomic E-state index is 11.6. The zero-order chi connectivity index (χ0) is 12.1. The van der Waals surface area contributed by atoms with Crippen molar-refractivity contribution < 1.29 is 9.53 Å². The maximum Gasteiger partial charge on any atom is 0.357 e. The van der Waals surface area contributed by atoms with E-state index in [4.69, 9.17) is 16.3 Å². The van der Waals surface area contributed by atoms with Crippen LogP contribution >= 0.6 is 11.6 Å². The summed E-state index contributed by atoms with van der Waals surface area (Å²) in [6.45, 7) is 0.152. The molecule has 0 N–H and O–H groups in total. The minimum Gasteiger partial charge on any atom is -0.456 e. The Labute approximate surface area is 103 Å². The smallest absolute Gasteiger partial charge is 0.357 e. The molecule has 86 valence electrons. The van der Waals surface area contributed by atoms with Crippen molar-refractivity contribution in [3.8, 4) is 0 Å². The van der Waals surface area contributed by atoms with Crippen LogP contribution in [-0.2, 0) is 11.3 Å². The first-order chi connectivity index (χ1) is 8.25. The van der Waals surface area contributed by atoms with Gasteiger partial charge in [-0.25, -0.2) is 14.8 Å². The molecule has 0 bridgehead atoms. The zero-order valence-corrected chi connectivity index (χ0v) is 9.59. The summed E-state index contributed by atoms with van der Waals surface area (Å²) in [7, 11) is 0. The number of ether oxygens (including phenoxy) is 1. The summed E-state index contributed by atoms with van der Waals surface area (Å²) in [4.78, 5) is 19.3. The van der Waals surface area contributed by atoms with E-state index in [-0.39, 0.29) is 12.3 Å². The van der Waals surface area contributed by atoms with Gasteiger partial charge in [-0.05, 0) is 18.2 Å². The summed E-state index contributed by atoms with van der Waals surface area (Å²) in [6, 6.07) is 8.46. The lowest BCUT2D eigenvalue weighted by atomic mass is 10.3. The normalized spacial score (nSPS) is 9.94. The molecule has 0 saturated carbocycles. The van der Waals surface area contributed by atoms with Crippen molar-refractivity contribution in [1.82, 2.24) is 9.97 Å². The van der Waals surface area contributed by atoms with Crippen LogP contribution in [0.5, 0.6) is 0 Å². The molecule has 0 spiro atoms. The van der Waals surface area contributed by atoms with Gasteiger partial charge in [0.25, 0.3) is 0 Å². The first kappa shape index (κ1) is 11.5. The van der Waals surface area contributed by atoms with Crippen molar-refractivity contribution in [3.05, 3.63) is 59.1 Å². The molecule has 0 aromatic carbocycles. The van der Waals surface area contributed by atoms with E-state index in [0.717, 1.165) is 5.56 Å². The van der Waals surface area contributed by atoms with Gasteiger partial charge in [-0.2, -0.15) is 0 Å². The predicted octanol–water partition coefficient (Wildman–Crippen LogP) is 2.49. The Morgan fingerprint density at radius 2 is 2.12 bits per heavy atom. The van der Waals surface area contributed by atoms with Crippen molar-refractivity contribution in [2.45, 2.75) is 6.61 Å². The number of esters is 1. The number of carbonyl (C=O) groups excluding carboxylic acids is 1. The molecule has 0 atom stereocenters. The molecule has 0 aliphatic rings. The van der Waals surface area contributed by atoms with Gasteiger partial charge in [-0.15, -0.1) is 0 Å². The van der Waals surface area contributed by atoms with E-state index in [0.29, 0.717) is 5.15 Å². The topological polar surface area (TPSA) is 52.1 Å². The Kier molecular flexibility index (Phi) is 3.67.